The average molecular weight is 396 g/mol. The summed E-state index contributed by atoms with van der Waals surface area (Å²) in [7, 11) is 6.12. The molecule has 6 nitrogen and oxygen atoms in total. The van der Waals surface area contributed by atoms with Crippen LogP contribution in [0.3, 0.4) is 0 Å². The van der Waals surface area contributed by atoms with Crippen molar-refractivity contribution in [1.82, 2.24) is 19.8 Å². The van der Waals surface area contributed by atoms with Gasteiger partial charge in [0.05, 0.1) is 0 Å². The summed E-state index contributed by atoms with van der Waals surface area (Å²) in [5.41, 5.74) is 2.34. The Kier molecular flexibility index (Phi) is 7.58. The number of hydrogen-bond donors (Lipinski definition) is 0. The van der Waals surface area contributed by atoms with Crippen molar-refractivity contribution >= 4 is 11.7 Å². The van der Waals surface area contributed by atoms with E-state index in [1.807, 2.05) is 25.1 Å². The third-order valence-electron chi connectivity index (χ3n) is 5.52. The van der Waals surface area contributed by atoms with Gasteiger partial charge < -0.3 is 14.7 Å². The first-order chi connectivity index (χ1) is 14.0. The molecule has 0 spiro atoms. The van der Waals surface area contributed by atoms with Crippen LogP contribution < -0.4 is 4.90 Å². The van der Waals surface area contributed by atoms with Gasteiger partial charge in [0.25, 0.3) is 0 Å². The van der Waals surface area contributed by atoms with E-state index in [9.17, 15) is 4.79 Å². The maximum absolute atomic E-state index is 12.9. The van der Waals surface area contributed by atoms with E-state index in [1.165, 1.54) is 5.56 Å². The molecule has 6 heteroatoms. The summed E-state index contributed by atoms with van der Waals surface area (Å²) < 4.78 is 0. The molecule has 1 amide bonds. The lowest BCUT2D eigenvalue weighted by molar-refractivity contribution is -0.131. The highest BCUT2D eigenvalue weighted by Crippen LogP contribution is 2.17. The highest BCUT2D eigenvalue weighted by atomic mass is 16.2. The number of amides is 1. The number of carbonyl (C=O) groups is 1. The van der Waals surface area contributed by atoms with Crippen molar-refractivity contribution in [2.24, 2.45) is 5.92 Å². The van der Waals surface area contributed by atoms with Gasteiger partial charge in [0.2, 0.25) is 5.91 Å². The molecular formula is C23H33N5O. The SMILES string of the molecule is CN1CCN(C(=O)CCCc2ccccc2)C[C@@H](Cc2cc(N(C)C)ncn2)C1. The van der Waals surface area contributed by atoms with E-state index in [2.05, 4.69) is 57.1 Å². The summed E-state index contributed by atoms with van der Waals surface area (Å²) in [5.74, 6) is 1.58. The van der Waals surface area contributed by atoms with E-state index >= 15 is 0 Å². The van der Waals surface area contributed by atoms with Crippen LogP contribution in [-0.4, -0.2) is 73.0 Å². The van der Waals surface area contributed by atoms with Crippen LogP contribution >= 0.6 is 0 Å². The highest BCUT2D eigenvalue weighted by Gasteiger charge is 2.24. The Balaban J connectivity index is 1.57. The number of anilines is 1. The average Bonchev–Trinajstić information content (AvgIpc) is 2.90. The number of benzene rings is 1. The van der Waals surface area contributed by atoms with Gasteiger partial charge in [-0.1, -0.05) is 30.3 Å². The number of rotatable bonds is 7. The first-order valence-corrected chi connectivity index (χ1v) is 10.5. The minimum Gasteiger partial charge on any atom is -0.363 e. The molecule has 1 aromatic heterocycles. The molecule has 29 heavy (non-hydrogen) atoms. The molecule has 1 aromatic carbocycles. The van der Waals surface area contributed by atoms with Gasteiger partial charge in [-0.25, -0.2) is 9.97 Å². The number of aromatic nitrogens is 2. The number of likely N-dealkylation sites (N-methyl/N-ethyl adjacent to an activating group) is 1. The normalized spacial score (nSPS) is 17.8. The number of nitrogens with zero attached hydrogens (tertiary/aromatic N) is 5. The van der Waals surface area contributed by atoms with Crippen LogP contribution in [0.5, 0.6) is 0 Å². The Hall–Kier alpha value is -2.47. The molecule has 1 fully saturated rings. The van der Waals surface area contributed by atoms with Gasteiger partial charge in [0.1, 0.15) is 12.1 Å². The summed E-state index contributed by atoms with van der Waals surface area (Å²) in [6.45, 7) is 3.52. The molecule has 156 valence electrons. The summed E-state index contributed by atoms with van der Waals surface area (Å²) in [6, 6.07) is 12.5. The third-order valence-corrected chi connectivity index (χ3v) is 5.52. The summed E-state index contributed by atoms with van der Waals surface area (Å²) in [4.78, 5) is 28.0. The first kappa shape index (κ1) is 21.2. The van der Waals surface area contributed by atoms with Gasteiger partial charge >= 0.3 is 0 Å². The fourth-order valence-corrected chi connectivity index (χ4v) is 3.92. The molecular weight excluding hydrogens is 362 g/mol. The molecule has 1 aliphatic heterocycles. The quantitative estimate of drug-likeness (QED) is 0.721. The molecule has 0 saturated carbocycles. The summed E-state index contributed by atoms with van der Waals surface area (Å²) >= 11 is 0. The summed E-state index contributed by atoms with van der Waals surface area (Å²) in [6.07, 6.45) is 4.97. The van der Waals surface area contributed by atoms with Crippen LogP contribution in [0.4, 0.5) is 5.82 Å². The molecule has 0 unspecified atom stereocenters. The topological polar surface area (TPSA) is 52.6 Å². The van der Waals surface area contributed by atoms with E-state index in [0.717, 1.165) is 57.0 Å². The van der Waals surface area contributed by atoms with Gasteiger partial charge in [0.15, 0.2) is 0 Å². The van der Waals surface area contributed by atoms with Crippen molar-refractivity contribution < 1.29 is 4.79 Å². The van der Waals surface area contributed by atoms with Crippen LogP contribution in [0.15, 0.2) is 42.7 Å². The second kappa shape index (κ2) is 10.3. The van der Waals surface area contributed by atoms with Crippen LogP contribution in [0, 0.1) is 5.92 Å². The standard InChI is InChI=1S/C23H33N5O/c1-26(2)22-15-21(24-18-25-22)14-20-16-27(3)12-13-28(17-20)23(29)11-7-10-19-8-5-4-6-9-19/h4-6,8-9,15,18,20H,7,10-14,16-17H2,1-3H3/t20-/m0/s1. The van der Waals surface area contributed by atoms with Crippen LogP contribution in [0.1, 0.15) is 24.1 Å². The van der Waals surface area contributed by atoms with Crippen molar-refractivity contribution in [3.8, 4) is 0 Å². The second-order valence-electron chi connectivity index (χ2n) is 8.27. The van der Waals surface area contributed by atoms with Crippen molar-refractivity contribution in [3.05, 3.63) is 54.0 Å². The Morgan fingerprint density at radius 3 is 2.69 bits per heavy atom. The zero-order valence-corrected chi connectivity index (χ0v) is 17.9. The lowest BCUT2D eigenvalue weighted by atomic mass is 10.0. The fourth-order valence-electron chi connectivity index (χ4n) is 3.92. The first-order valence-electron chi connectivity index (χ1n) is 10.5. The lowest BCUT2D eigenvalue weighted by Crippen LogP contribution is -2.36. The van der Waals surface area contributed by atoms with Crippen LogP contribution in [0.25, 0.3) is 0 Å². The lowest BCUT2D eigenvalue weighted by Gasteiger charge is -2.24. The van der Waals surface area contributed by atoms with Gasteiger partial charge in [-0.3, -0.25) is 4.79 Å². The number of aryl methyl sites for hydroxylation is 1. The van der Waals surface area contributed by atoms with Gasteiger partial charge in [-0.15, -0.1) is 0 Å². The van der Waals surface area contributed by atoms with Crippen molar-refractivity contribution in [3.63, 3.8) is 0 Å². The molecule has 2 heterocycles. The van der Waals surface area contributed by atoms with Gasteiger partial charge in [-0.05, 0) is 37.8 Å². The van der Waals surface area contributed by atoms with Gasteiger partial charge in [-0.2, -0.15) is 0 Å². The Morgan fingerprint density at radius 1 is 1.14 bits per heavy atom. The Morgan fingerprint density at radius 2 is 1.93 bits per heavy atom. The third kappa shape index (κ3) is 6.53. The Bertz CT molecular complexity index is 780. The second-order valence-corrected chi connectivity index (χ2v) is 8.27. The van der Waals surface area contributed by atoms with E-state index in [-0.39, 0.29) is 5.91 Å². The van der Waals surface area contributed by atoms with E-state index in [1.54, 1.807) is 6.33 Å². The summed E-state index contributed by atoms with van der Waals surface area (Å²) in [5, 5.41) is 0. The highest BCUT2D eigenvalue weighted by molar-refractivity contribution is 5.76. The van der Waals surface area contributed by atoms with E-state index in [0.29, 0.717) is 12.3 Å². The predicted octanol–water partition coefficient (Wildman–Crippen LogP) is 2.50. The molecule has 2 aromatic rings. The fraction of sp³-hybridized carbons (Fsp3) is 0.522. The van der Waals surface area contributed by atoms with Crippen molar-refractivity contribution in [1.29, 1.82) is 0 Å². The smallest absolute Gasteiger partial charge is 0.222 e. The minimum absolute atomic E-state index is 0.276. The zero-order valence-electron chi connectivity index (χ0n) is 17.9. The molecule has 3 rings (SSSR count). The predicted molar refractivity (Wildman–Crippen MR) is 117 cm³/mol. The maximum Gasteiger partial charge on any atom is 0.222 e. The molecule has 0 radical (unpaired) electrons. The molecule has 1 saturated heterocycles. The molecule has 0 aliphatic carbocycles. The maximum atomic E-state index is 12.9. The zero-order chi connectivity index (χ0) is 20.6. The molecule has 1 atom stereocenters. The number of carbonyl (C=O) groups excluding carboxylic acids is 1. The molecule has 0 bridgehead atoms. The molecule has 0 N–H and O–H groups in total. The van der Waals surface area contributed by atoms with Crippen molar-refractivity contribution in [2.75, 3.05) is 52.2 Å². The number of hydrogen-bond acceptors (Lipinski definition) is 5. The van der Waals surface area contributed by atoms with E-state index in [4.69, 9.17) is 0 Å². The Labute approximate surface area is 174 Å². The largest absolute Gasteiger partial charge is 0.363 e. The monoisotopic (exact) mass is 395 g/mol. The van der Waals surface area contributed by atoms with E-state index < -0.39 is 0 Å². The van der Waals surface area contributed by atoms with Crippen LogP contribution in [-0.2, 0) is 17.6 Å². The van der Waals surface area contributed by atoms with Gasteiger partial charge in [0, 0.05) is 58.5 Å². The van der Waals surface area contributed by atoms with Crippen molar-refractivity contribution in [2.45, 2.75) is 25.7 Å². The minimum atomic E-state index is 0.276. The molecule has 1 aliphatic rings. The van der Waals surface area contributed by atoms with Crippen LogP contribution in [0.2, 0.25) is 0 Å².